The second kappa shape index (κ2) is 5.60. The van der Waals surface area contributed by atoms with Crippen LogP contribution in [0.15, 0.2) is 10.7 Å². The van der Waals surface area contributed by atoms with E-state index in [-0.39, 0.29) is 30.5 Å². The van der Waals surface area contributed by atoms with E-state index in [1.807, 2.05) is 0 Å². The van der Waals surface area contributed by atoms with Gasteiger partial charge in [-0.25, -0.2) is 4.98 Å². The van der Waals surface area contributed by atoms with Gasteiger partial charge in [0.25, 0.3) is 5.91 Å². The highest BCUT2D eigenvalue weighted by Gasteiger charge is 2.37. The monoisotopic (exact) mass is 354 g/mol. The molecule has 2 aromatic rings. The highest BCUT2D eigenvalue weighted by atomic mass is 19.4. The lowest BCUT2D eigenvalue weighted by Gasteiger charge is -2.27. The average molecular weight is 354 g/mol. The van der Waals surface area contributed by atoms with E-state index in [0.717, 1.165) is 36.8 Å². The zero-order valence-corrected chi connectivity index (χ0v) is 13.6. The van der Waals surface area contributed by atoms with Crippen molar-refractivity contribution in [1.82, 2.24) is 19.6 Å². The first kappa shape index (κ1) is 16.2. The van der Waals surface area contributed by atoms with Gasteiger partial charge in [0.2, 0.25) is 0 Å². The van der Waals surface area contributed by atoms with Crippen LogP contribution in [-0.4, -0.2) is 32.1 Å². The normalized spacial score (nSPS) is 20.3. The molecule has 0 unspecified atom stereocenters. The molecule has 0 radical (unpaired) electrons. The van der Waals surface area contributed by atoms with Crippen molar-refractivity contribution < 1.29 is 22.5 Å². The number of hydrogen-bond donors (Lipinski definition) is 0. The molecule has 25 heavy (non-hydrogen) atoms. The molecule has 0 N–H and O–H groups in total. The molecule has 6 nitrogen and oxygen atoms in total. The van der Waals surface area contributed by atoms with Crippen molar-refractivity contribution in [3.8, 4) is 0 Å². The summed E-state index contributed by atoms with van der Waals surface area (Å²) >= 11 is 0. The average Bonchev–Trinajstić information content (AvgIpc) is 3.16. The zero-order valence-electron chi connectivity index (χ0n) is 13.6. The lowest BCUT2D eigenvalue weighted by atomic mass is 9.88. The lowest BCUT2D eigenvalue weighted by Crippen LogP contribution is -2.39. The number of aromatic nitrogens is 3. The zero-order chi connectivity index (χ0) is 17.8. The van der Waals surface area contributed by atoms with Crippen LogP contribution in [0.2, 0.25) is 0 Å². The van der Waals surface area contributed by atoms with E-state index >= 15 is 0 Å². The number of nitrogens with zero attached hydrogens (tertiary/aromatic N) is 4. The van der Waals surface area contributed by atoms with E-state index in [1.54, 1.807) is 0 Å². The van der Waals surface area contributed by atoms with Gasteiger partial charge in [-0.2, -0.15) is 13.2 Å². The van der Waals surface area contributed by atoms with Crippen molar-refractivity contribution in [2.24, 2.45) is 5.92 Å². The molecule has 0 aromatic carbocycles. The molecule has 4 rings (SSSR count). The van der Waals surface area contributed by atoms with E-state index in [4.69, 9.17) is 4.52 Å². The Morgan fingerprint density at radius 2 is 2.16 bits per heavy atom. The summed E-state index contributed by atoms with van der Waals surface area (Å²) in [6, 6.07) is 0. The third-order valence-corrected chi connectivity index (χ3v) is 4.87. The smallest absolute Gasteiger partial charge is 0.360 e. The van der Waals surface area contributed by atoms with Crippen LogP contribution >= 0.6 is 0 Å². The van der Waals surface area contributed by atoms with E-state index in [9.17, 15) is 18.0 Å². The summed E-state index contributed by atoms with van der Waals surface area (Å²) in [5.74, 6) is 1.13. The van der Waals surface area contributed by atoms with Crippen LogP contribution in [0, 0.1) is 5.92 Å². The number of carbonyl (C=O) groups excluding carboxylic acids is 1. The number of aryl methyl sites for hydroxylation is 1. The molecule has 1 amide bonds. The van der Waals surface area contributed by atoms with Gasteiger partial charge in [0, 0.05) is 31.3 Å². The molecule has 1 aliphatic carbocycles. The van der Waals surface area contributed by atoms with Gasteiger partial charge in [-0.1, -0.05) is 12.1 Å². The first-order valence-electron chi connectivity index (χ1n) is 8.23. The third-order valence-electron chi connectivity index (χ3n) is 4.87. The standard InChI is InChI=1S/C16H17F3N4O2/c1-9-2-3-11-10(6-9)14(21-25-11)15(24)23-5-4-22-7-12(16(17,18)19)20-13(22)8-23/h7,9H,2-6,8H2,1H3/t9-/m1/s1. The number of alkyl halides is 3. The Labute approximate surface area is 141 Å². The van der Waals surface area contributed by atoms with Gasteiger partial charge in [0.05, 0.1) is 6.54 Å². The minimum Gasteiger partial charge on any atom is -0.360 e. The highest BCUT2D eigenvalue weighted by Crippen LogP contribution is 2.31. The fourth-order valence-corrected chi connectivity index (χ4v) is 3.46. The van der Waals surface area contributed by atoms with Crippen molar-refractivity contribution in [1.29, 1.82) is 0 Å². The molecule has 134 valence electrons. The quantitative estimate of drug-likeness (QED) is 0.790. The first-order chi connectivity index (χ1) is 11.8. The van der Waals surface area contributed by atoms with Crippen molar-refractivity contribution in [3.05, 3.63) is 34.7 Å². The molecular weight excluding hydrogens is 337 g/mol. The van der Waals surface area contributed by atoms with Crippen LogP contribution in [0.1, 0.15) is 46.7 Å². The first-order valence-corrected chi connectivity index (χ1v) is 8.23. The third kappa shape index (κ3) is 2.81. The van der Waals surface area contributed by atoms with Crippen molar-refractivity contribution >= 4 is 5.91 Å². The number of amides is 1. The molecule has 9 heteroatoms. The second-order valence-electron chi connectivity index (χ2n) is 6.74. The Kier molecular flexibility index (Phi) is 3.62. The minimum atomic E-state index is -4.49. The van der Waals surface area contributed by atoms with Crippen LogP contribution in [-0.2, 0) is 32.1 Å². The summed E-state index contributed by atoms with van der Waals surface area (Å²) in [4.78, 5) is 17.9. The number of rotatable bonds is 1. The predicted molar refractivity (Wildman–Crippen MR) is 79.7 cm³/mol. The highest BCUT2D eigenvalue weighted by molar-refractivity contribution is 5.94. The summed E-state index contributed by atoms with van der Waals surface area (Å²) in [6.07, 6.45) is -0.995. The molecule has 0 saturated heterocycles. The van der Waals surface area contributed by atoms with Crippen molar-refractivity contribution in [2.75, 3.05) is 6.54 Å². The summed E-state index contributed by atoms with van der Waals surface area (Å²) in [6.45, 7) is 2.74. The lowest BCUT2D eigenvalue weighted by molar-refractivity contribution is -0.141. The largest absolute Gasteiger partial charge is 0.434 e. The van der Waals surface area contributed by atoms with Crippen LogP contribution in [0.25, 0.3) is 0 Å². The Bertz CT molecular complexity index is 824. The molecule has 1 aliphatic heterocycles. The van der Waals surface area contributed by atoms with Crippen LogP contribution < -0.4 is 0 Å². The molecule has 3 heterocycles. The van der Waals surface area contributed by atoms with Crippen molar-refractivity contribution in [2.45, 2.75) is 45.5 Å². The SMILES string of the molecule is C[C@@H]1CCc2onc(C(=O)N3CCn4cc(C(F)(F)F)nc4C3)c2C1. The maximum absolute atomic E-state index is 12.8. The number of imidazole rings is 1. The van der Waals surface area contributed by atoms with Gasteiger partial charge in [-0.3, -0.25) is 4.79 Å². The fourth-order valence-electron chi connectivity index (χ4n) is 3.46. The Hall–Kier alpha value is -2.32. The molecule has 2 aromatic heterocycles. The minimum absolute atomic E-state index is 0.0338. The van der Waals surface area contributed by atoms with Gasteiger partial charge in [0.15, 0.2) is 11.4 Å². The van der Waals surface area contributed by atoms with Gasteiger partial charge in [-0.15, -0.1) is 0 Å². The second-order valence-corrected chi connectivity index (χ2v) is 6.74. The Morgan fingerprint density at radius 3 is 2.92 bits per heavy atom. The molecule has 2 aliphatic rings. The summed E-state index contributed by atoms with van der Waals surface area (Å²) in [7, 11) is 0. The molecule has 1 atom stereocenters. The molecule has 0 spiro atoms. The number of hydrogen-bond acceptors (Lipinski definition) is 4. The summed E-state index contributed by atoms with van der Waals surface area (Å²) < 4.78 is 45.1. The fraction of sp³-hybridized carbons (Fsp3) is 0.562. The predicted octanol–water partition coefficient (Wildman–Crippen LogP) is 2.67. The van der Waals surface area contributed by atoms with Crippen LogP contribution in [0.4, 0.5) is 13.2 Å². The Morgan fingerprint density at radius 1 is 1.36 bits per heavy atom. The van der Waals surface area contributed by atoms with E-state index in [2.05, 4.69) is 17.1 Å². The topological polar surface area (TPSA) is 64.2 Å². The summed E-state index contributed by atoms with van der Waals surface area (Å²) in [5, 5.41) is 3.93. The number of halogens is 3. The molecular formula is C16H17F3N4O2. The molecule has 0 fully saturated rings. The number of fused-ring (bicyclic) bond motifs is 2. The molecule has 0 saturated carbocycles. The van der Waals surface area contributed by atoms with Gasteiger partial charge in [-0.05, 0) is 18.8 Å². The summed E-state index contributed by atoms with van der Waals surface area (Å²) in [5.41, 5.74) is 0.204. The van der Waals surface area contributed by atoms with Crippen LogP contribution in [0.3, 0.4) is 0 Å². The maximum atomic E-state index is 12.8. The van der Waals surface area contributed by atoms with Gasteiger partial charge < -0.3 is 14.0 Å². The maximum Gasteiger partial charge on any atom is 0.434 e. The molecule has 0 bridgehead atoms. The van der Waals surface area contributed by atoms with E-state index in [1.165, 1.54) is 9.47 Å². The van der Waals surface area contributed by atoms with Gasteiger partial charge >= 0.3 is 6.18 Å². The Balaban J connectivity index is 1.57. The van der Waals surface area contributed by atoms with Gasteiger partial charge in [0.1, 0.15) is 11.6 Å². The number of carbonyl (C=O) groups is 1. The van der Waals surface area contributed by atoms with E-state index < -0.39 is 11.9 Å². The van der Waals surface area contributed by atoms with Crippen LogP contribution in [0.5, 0.6) is 0 Å². The van der Waals surface area contributed by atoms with Crippen molar-refractivity contribution in [3.63, 3.8) is 0 Å². The van der Waals surface area contributed by atoms with E-state index in [0.29, 0.717) is 12.5 Å².